The van der Waals surface area contributed by atoms with Crippen LogP contribution in [0.3, 0.4) is 0 Å². The third kappa shape index (κ3) is 4.96. The summed E-state index contributed by atoms with van der Waals surface area (Å²) in [4.78, 5) is 14.7. The van der Waals surface area contributed by atoms with Crippen molar-refractivity contribution in [1.82, 2.24) is 10.2 Å². The molecular formula is C19H31N3O. The normalized spacial score (nSPS) is 17.7. The molecule has 1 fully saturated rings. The van der Waals surface area contributed by atoms with Crippen LogP contribution in [0.25, 0.3) is 0 Å². The number of anilines is 1. The molecule has 0 saturated carbocycles. The van der Waals surface area contributed by atoms with Crippen LogP contribution < -0.4 is 10.6 Å². The second-order valence-electron chi connectivity index (χ2n) is 6.87. The maximum absolute atomic E-state index is 12.2. The fourth-order valence-corrected chi connectivity index (χ4v) is 3.20. The zero-order chi connectivity index (χ0) is 16.8. The molecule has 1 aliphatic heterocycles. The Morgan fingerprint density at radius 1 is 1.35 bits per heavy atom. The summed E-state index contributed by atoms with van der Waals surface area (Å²) in [5, 5.41) is 6.05. The number of nitrogens with one attached hydrogen (secondary N) is 2. The van der Waals surface area contributed by atoms with Gasteiger partial charge in [-0.25, -0.2) is 4.79 Å². The van der Waals surface area contributed by atoms with Crippen LogP contribution >= 0.6 is 0 Å². The van der Waals surface area contributed by atoms with E-state index in [1.54, 1.807) is 0 Å². The van der Waals surface area contributed by atoms with E-state index in [9.17, 15) is 4.79 Å². The van der Waals surface area contributed by atoms with Crippen molar-refractivity contribution in [1.29, 1.82) is 0 Å². The number of para-hydroxylation sites is 1. The average molecular weight is 317 g/mol. The van der Waals surface area contributed by atoms with Crippen molar-refractivity contribution in [2.75, 3.05) is 25.0 Å². The molecule has 2 rings (SSSR count). The SMILES string of the molecule is CCc1cccc(C)c1NC(=O)NCC(C)N1CCC(C)CC1. The Bertz CT molecular complexity index is 521. The predicted molar refractivity (Wildman–Crippen MR) is 97.0 cm³/mol. The van der Waals surface area contributed by atoms with E-state index in [4.69, 9.17) is 0 Å². The second kappa shape index (κ2) is 8.34. The van der Waals surface area contributed by atoms with E-state index in [2.05, 4.69) is 42.4 Å². The van der Waals surface area contributed by atoms with Crippen LogP contribution in [0.4, 0.5) is 10.5 Å². The van der Waals surface area contributed by atoms with Crippen LogP contribution in [0, 0.1) is 12.8 Å². The van der Waals surface area contributed by atoms with Crippen molar-refractivity contribution in [3.8, 4) is 0 Å². The Hall–Kier alpha value is -1.55. The number of rotatable bonds is 5. The van der Waals surface area contributed by atoms with E-state index in [-0.39, 0.29) is 6.03 Å². The van der Waals surface area contributed by atoms with Gasteiger partial charge in [-0.05, 0) is 63.2 Å². The number of urea groups is 1. The third-order valence-electron chi connectivity index (χ3n) is 4.98. The number of piperidine rings is 1. The quantitative estimate of drug-likeness (QED) is 0.867. The summed E-state index contributed by atoms with van der Waals surface area (Å²) in [6.45, 7) is 11.6. The van der Waals surface area contributed by atoms with E-state index in [0.717, 1.165) is 36.7 Å². The molecular weight excluding hydrogens is 286 g/mol. The molecule has 1 saturated heterocycles. The Kier molecular flexibility index (Phi) is 6.46. The van der Waals surface area contributed by atoms with Crippen molar-refractivity contribution < 1.29 is 4.79 Å². The summed E-state index contributed by atoms with van der Waals surface area (Å²) in [5.41, 5.74) is 3.24. The second-order valence-corrected chi connectivity index (χ2v) is 6.87. The molecule has 128 valence electrons. The van der Waals surface area contributed by atoms with Gasteiger partial charge in [0.2, 0.25) is 0 Å². The molecule has 0 radical (unpaired) electrons. The van der Waals surface area contributed by atoms with Gasteiger partial charge in [-0.2, -0.15) is 0 Å². The first-order valence-electron chi connectivity index (χ1n) is 8.88. The van der Waals surface area contributed by atoms with Crippen molar-refractivity contribution in [2.24, 2.45) is 5.92 Å². The highest BCUT2D eigenvalue weighted by Gasteiger charge is 2.20. The standard InChI is InChI=1S/C19H31N3O/c1-5-17-8-6-7-15(3)18(17)21-19(23)20-13-16(4)22-11-9-14(2)10-12-22/h6-8,14,16H,5,9-13H2,1-4H3,(H2,20,21,23). The Morgan fingerprint density at radius 3 is 2.70 bits per heavy atom. The van der Waals surface area contributed by atoms with E-state index >= 15 is 0 Å². The largest absolute Gasteiger partial charge is 0.336 e. The lowest BCUT2D eigenvalue weighted by Gasteiger charge is -2.35. The molecule has 1 atom stereocenters. The highest BCUT2D eigenvalue weighted by Crippen LogP contribution is 2.21. The first-order valence-corrected chi connectivity index (χ1v) is 8.88. The maximum atomic E-state index is 12.2. The fourth-order valence-electron chi connectivity index (χ4n) is 3.20. The van der Waals surface area contributed by atoms with E-state index in [0.29, 0.717) is 12.6 Å². The predicted octanol–water partition coefficient (Wildman–Crippen LogP) is 3.80. The molecule has 0 aromatic heterocycles. The van der Waals surface area contributed by atoms with Gasteiger partial charge in [0.05, 0.1) is 0 Å². The zero-order valence-electron chi connectivity index (χ0n) is 15.0. The van der Waals surface area contributed by atoms with E-state index < -0.39 is 0 Å². The minimum absolute atomic E-state index is 0.105. The Labute approximate surface area is 140 Å². The van der Waals surface area contributed by atoms with Gasteiger partial charge < -0.3 is 10.6 Å². The Morgan fingerprint density at radius 2 is 2.04 bits per heavy atom. The first kappa shape index (κ1) is 17.8. The van der Waals surface area contributed by atoms with Crippen molar-refractivity contribution in [3.63, 3.8) is 0 Å². The molecule has 1 aromatic carbocycles. The summed E-state index contributed by atoms with van der Waals surface area (Å²) in [6, 6.07) is 6.42. The monoisotopic (exact) mass is 317 g/mol. The van der Waals surface area contributed by atoms with Crippen LogP contribution in [0.5, 0.6) is 0 Å². The highest BCUT2D eigenvalue weighted by atomic mass is 16.2. The number of carbonyl (C=O) groups excluding carboxylic acids is 1. The van der Waals surface area contributed by atoms with Gasteiger partial charge in [0.15, 0.2) is 0 Å². The van der Waals surface area contributed by atoms with Gasteiger partial charge in [-0.15, -0.1) is 0 Å². The molecule has 0 aliphatic carbocycles. The van der Waals surface area contributed by atoms with Gasteiger partial charge in [-0.3, -0.25) is 4.90 Å². The lowest BCUT2D eigenvalue weighted by Crippen LogP contribution is -2.46. The van der Waals surface area contributed by atoms with Crippen molar-refractivity contribution >= 4 is 11.7 Å². The molecule has 0 spiro atoms. The van der Waals surface area contributed by atoms with Crippen LogP contribution in [0.15, 0.2) is 18.2 Å². The highest BCUT2D eigenvalue weighted by molar-refractivity contribution is 5.91. The summed E-state index contributed by atoms with van der Waals surface area (Å²) in [7, 11) is 0. The first-order chi connectivity index (χ1) is 11.0. The molecule has 1 unspecified atom stereocenters. The van der Waals surface area contributed by atoms with E-state index in [1.165, 1.54) is 18.4 Å². The number of carbonyl (C=O) groups is 1. The van der Waals surface area contributed by atoms with Crippen LogP contribution in [0.2, 0.25) is 0 Å². The van der Waals surface area contributed by atoms with Gasteiger partial charge in [0, 0.05) is 18.3 Å². The molecule has 2 amide bonds. The Balaban J connectivity index is 1.83. The van der Waals surface area contributed by atoms with Gasteiger partial charge in [0.1, 0.15) is 0 Å². The molecule has 1 heterocycles. The minimum Gasteiger partial charge on any atom is -0.336 e. The molecule has 1 aliphatic rings. The smallest absolute Gasteiger partial charge is 0.319 e. The summed E-state index contributed by atoms with van der Waals surface area (Å²) < 4.78 is 0. The number of hydrogen-bond acceptors (Lipinski definition) is 2. The lowest BCUT2D eigenvalue weighted by molar-refractivity contribution is 0.146. The number of benzene rings is 1. The molecule has 4 heteroatoms. The van der Waals surface area contributed by atoms with Crippen LogP contribution in [-0.4, -0.2) is 36.6 Å². The van der Waals surface area contributed by atoms with Gasteiger partial charge in [-0.1, -0.05) is 32.0 Å². The summed E-state index contributed by atoms with van der Waals surface area (Å²) in [6.07, 6.45) is 3.44. The number of nitrogens with zero attached hydrogens (tertiary/aromatic N) is 1. The fraction of sp³-hybridized carbons (Fsp3) is 0.632. The lowest BCUT2D eigenvalue weighted by atomic mass is 9.98. The summed E-state index contributed by atoms with van der Waals surface area (Å²) >= 11 is 0. The molecule has 1 aromatic rings. The van der Waals surface area contributed by atoms with E-state index in [1.807, 2.05) is 19.1 Å². The number of likely N-dealkylation sites (tertiary alicyclic amines) is 1. The van der Waals surface area contributed by atoms with Crippen LogP contribution in [-0.2, 0) is 6.42 Å². The minimum atomic E-state index is -0.105. The van der Waals surface area contributed by atoms with Gasteiger partial charge in [0.25, 0.3) is 0 Å². The van der Waals surface area contributed by atoms with Gasteiger partial charge >= 0.3 is 6.03 Å². The molecule has 23 heavy (non-hydrogen) atoms. The van der Waals surface area contributed by atoms with Crippen molar-refractivity contribution in [2.45, 2.75) is 53.0 Å². The number of amides is 2. The number of aryl methyl sites for hydroxylation is 2. The topological polar surface area (TPSA) is 44.4 Å². The van der Waals surface area contributed by atoms with Crippen LogP contribution in [0.1, 0.15) is 44.7 Å². The third-order valence-corrected chi connectivity index (χ3v) is 4.98. The average Bonchev–Trinajstić information content (AvgIpc) is 2.55. The maximum Gasteiger partial charge on any atom is 0.319 e. The molecule has 4 nitrogen and oxygen atoms in total. The summed E-state index contributed by atoms with van der Waals surface area (Å²) in [5.74, 6) is 0.836. The molecule has 0 bridgehead atoms. The zero-order valence-corrected chi connectivity index (χ0v) is 15.0. The van der Waals surface area contributed by atoms with Crippen molar-refractivity contribution in [3.05, 3.63) is 29.3 Å². The molecule has 2 N–H and O–H groups in total. The number of hydrogen-bond donors (Lipinski definition) is 2.